The van der Waals surface area contributed by atoms with Crippen molar-refractivity contribution in [1.29, 1.82) is 0 Å². The van der Waals surface area contributed by atoms with Gasteiger partial charge in [-0.25, -0.2) is 0 Å². The van der Waals surface area contributed by atoms with E-state index in [-0.39, 0.29) is 0 Å². The maximum absolute atomic E-state index is 13.1. The lowest BCUT2D eigenvalue weighted by Gasteiger charge is -2.29. The van der Waals surface area contributed by atoms with Gasteiger partial charge in [0, 0.05) is 25.2 Å². The molecule has 1 saturated heterocycles. The zero-order valence-electron chi connectivity index (χ0n) is 29.9. The van der Waals surface area contributed by atoms with Crippen LogP contribution >= 0.6 is 0 Å². The van der Waals surface area contributed by atoms with E-state index in [1.165, 1.54) is 141 Å². The fourth-order valence-corrected chi connectivity index (χ4v) is 7.26. The number of carbonyl (C=O) groups excluding carboxylic acids is 2. The van der Waals surface area contributed by atoms with Crippen LogP contribution in [-0.2, 0) is 9.59 Å². The van der Waals surface area contributed by atoms with Crippen molar-refractivity contribution in [3.63, 3.8) is 0 Å². The molecule has 3 heteroatoms. The molecule has 0 bridgehead atoms. The monoisotopic (exact) mass is 604 g/mol. The highest BCUT2D eigenvalue weighted by atomic mass is 16.1. The summed E-state index contributed by atoms with van der Waals surface area (Å²) < 4.78 is 0. The van der Waals surface area contributed by atoms with Gasteiger partial charge in [0.15, 0.2) is 0 Å². The first kappa shape index (κ1) is 40.3. The zero-order chi connectivity index (χ0) is 31.4. The van der Waals surface area contributed by atoms with Gasteiger partial charge in [0.05, 0.1) is 0 Å². The molecule has 0 aliphatic carbocycles. The highest BCUT2D eigenvalue weighted by Crippen LogP contribution is 2.27. The number of carbonyl (C=O) groups is 2. The molecule has 0 radical (unpaired) electrons. The second-order valence-corrected chi connectivity index (χ2v) is 14.6. The highest BCUT2D eigenvalue weighted by Gasteiger charge is 2.25. The lowest BCUT2D eigenvalue weighted by Crippen LogP contribution is -2.34. The third kappa shape index (κ3) is 23.3. The van der Waals surface area contributed by atoms with Crippen LogP contribution < -0.4 is 0 Å². The Morgan fingerprint density at radius 1 is 0.535 bits per heavy atom. The lowest BCUT2D eigenvalue weighted by molar-refractivity contribution is -0.125. The third-order valence-corrected chi connectivity index (χ3v) is 10.5. The van der Waals surface area contributed by atoms with E-state index in [9.17, 15) is 9.59 Å². The number of rotatable bonds is 31. The minimum Gasteiger partial charge on any atom is -0.306 e. The lowest BCUT2D eigenvalue weighted by atomic mass is 9.84. The predicted molar refractivity (Wildman–Crippen MR) is 189 cm³/mol. The maximum Gasteiger partial charge on any atom is 0.136 e. The number of likely N-dealkylation sites (tertiary alicyclic amines) is 1. The van der Waals surface area contributed by atoms with Crippen molar-refractivity contribution in [2.75, 3.05) is 20.1 Å². The zero-order valence-corrected chi connectivity index (χ0v) is 29.9. The summed E-state index contributed by atoms with van der Waals surface area (Å²) in [7, 11) is 2.18. The van der Waals surface area contributed by atoms with Crippen LogP contribution in [0, 0.1) is 17.8 Å². The van der Waals surface area contributed by atoms with Gasteiger partial charge in [-0.2, -0.15) is 0 Å². The number of nitrogens with zero attached hydrogens (tertiary/aromatic N) is 1. The van der Waals surface area contributed by atoms with E-state index in [0.717, 1.165) is 64.0 Å². The molecule has 0 saturated carbocycles. The normalized spacial score (nSPS) is 16.0. The largest absolute Gasteiger partial charge is 0.306 e. The molecule has 1 fully saturated rings. The van der Waals surface area contributed by atoms with Crippen molar-refractivity contribution in [3.05, 3.63) is 0 Å². The van der Waals surface area contributed by atoms with Crippen LogP contribution in [0.25, 0.3) is 0 Å². The molecule has 1 aliphatic rings. The van der Waals surface area contributed by atoms with Crippen LogP contribution in [0.2, 0.25) is 0 Å². The fourth-order valence-electron chi connectivity index (χ4n) is 7.26. The molecule has 2 atom stereocenters. The number of hydrogen-bond donors (Lipinski definition) is 0. The number of piperidine rings is 1. The number of unbranched alkanes of at least 4 members (excludes halogenated alkanes) is 15. The number of hydrogen-bond acceptors (Lipinski definition) is 3. The first-order valence-corrected chi connectivity index (χ1v) is 19.7. The van der Waals surface area contributed by atoms with Crippen LogP contribution in [-0.4, -0.2) is 36.6 Å². The molecule has 0 amide bonds. The maximum atomic E-state index is 13.1. The Morgan fingerprint density at radius 2 is 0.977 bits per heavy atom. The quantitative estimate of drug-likeness (QED) is 0.0740. The standard InChI is InChI=1S/C40H77NO2/c1-5-8-11-13-14-17-21-26-37(35-40(43)38-31-33-41(4)34-32-38)27-22-18-15-16-19-23-28-39(42)30-29-36(24-10-7-3)25-20-12-9-6-2/h36-38H,5-35H2,1-4H3. The summed E-state index contributed by atoms with van der Waals surface area (Å²) in [6, 6.07) is 0. The molecule has 0 aromatic carbocycles. The van der Waals surface area contributed by atoms with E-state index in [1.54, 1.807) is 0 Å². The highest BCUT2D eigenvalue weighted by molar-refractivity contribution is 5.81. The Kier molecular flexibility index (Phi) is 27.0. The Morgan fingerprint density at radius 3 is 1.53 bits per heavy atom. The molecule has 1 heterocycles. The van der Waals surface area contributed by atoms with Crippen LogP contribution in [0.1, 0.15) is 207 Å². The minimum atomic E-state index is 0.323. The van der Waals surface area contributed by atoms with E-state index in [1.807, 2.05) is 0 Å². The summed E-state index contributed by atoms with van der Waals surface area (Å²) in [5.74, 6) is 2.78. The Hall–Kier alpha value is -0.700. The average molecular weight is 604 g/mol. The fraction of sp³-hybridized carbons (Fsp3) is 0.950. The van der Waals surface area contributed by atoms with Crippen molar-refractivity contribution in [2.24, 2.45) is 17.8 Å². The van der Waals surface area contributed by atoms with Crippen molar-refractivity contribution in [1.82, 2.24) is 4.90 Å². The number of Topliss-reactive ketones (excluding diaryl/α,β-unsaturated/α-hetero) is 2. The van der Waals surface area contributed by atoms with E-state index >= 15 is 0 Å². The smallest absolute Gasteiger partial charge is 0.136 e. The second kappa shape index (κ2) is 28.8. The first-order valence-electron chi connectivity index (χ1n) is 19.7. The third-order valence-electron chi connectivity index (χ3n) is 10.5. The van der Waals surface area contributed by atoms with Gasteiger partial charge in [0.25, 0.3) is 0 Å². The summed E-state index contributed by atoms with van der Waals surface area (Å²) in [5, 5.41) is 0. The molecule has 254 valence electrons. The van der Waals surface area contributed by atoms with Gasteiger partial charge >= 0.3 is 0 Å². The van der Waals surface area contributed by atoms with Gasteiger partial charge in [-0.1, -0.05) is 162 Å². The van der Waals surface area contributed by atoms with E-state index < -0.39 is 0 Å². The molecular weight excluding hydrogens is 526 g/mol. The molecule has 0 spiro atoms. The van der Waals surface area contributed by atoms with E-state index in [0.29, 0.717) is 23.4 Å². The van der Waals surface area contributed by atoms with Crippen LogP contribution in [0.5, 0.6) is 0 Å². The Balaban J connectivity index is 2.23. The summed E-state index contributed by atoms with van der Waals surface area (Å²) in [6.07, 6.45) is 35.8. The molecule has 1 rings (SSSR count). The van der Waals surface area contributed by atoms with Gasteiger partial charge < -0.3 is 4.90 Å². The topological polar surface area (TPSA) is 37.4 Å². The van der Waals surface area contributed by atoms with Crippen LogP contribution in [0.4, 0.5) is 0 Å². The van der Waals surface area contributed by atoms with Gasteiger partial charge in [-0.15, -0.1) is 0 Å². The van der Waals surface area contributed by atoms with Crippen molar-refractivity contribution >= 4 is 11.6 Å². The molecule has 43 heavy (non-hydrogen) atoms. The number of ketones is 2. The van der Waals surface area contributed by atoms with Crippen molar-refractivity contribution < 1.29 is 9.59 Å². The predicted octanol–water partition coefficient (Wildman–Crippen LogP) is 12.3. The second-order valence-electron chi connectivity index (χ2n) is 14.6. The van der Waals surface area contributed by atoms with Gasteiger partial charge in [-0.3, -0.25) is 9.59 Å². The molecule has 1 aliphatic heterocycles. The van der Waals surface area contributed by atoms with Gasteiger partial charge in [0.1, 0.15) is 11.6 Å². The van der Waals surface area contributed by atoms with Crippen molar-refractivity contribution in [3.8, 4) is 0 Å². The molecule has 0 N–H and O–H groups in total. The summed E-state index contributed by atoms with van der Waals surface area (Å²) in [4.78, 5) is 28.1. The van der Waals surface area contributed by atoms with Gasteiger partial charge in [0.2, 0.25) is 0 Å². The summed E-state index contributed by atoms with van der Waals surface area (Å²) in [5.41, 5.74) is 0. The molecular formula is C40H77NO2. The first-order chi connectivity index (χ1) is 21.0. The van der Waals surface area contributed by atoms with Crippen LogP contribution in [0.3, 0.4) is 0 Å². The van der Waals surface area contributed by atoms with E-state index in [2.05, 4.69) is 32.7 Å². The minimum absolute atomic E-state index is 0.323. The van der Waals surface area contributed by atoms with E-state index in [4.69, 9.17) is 0 Å². The molecule has 0 aromatic rings. The molecule has 2 unspecified atom stereocenters. The van der Waals surface area contributed by atoms with Crippen molar-refractivity contribution in [2.45, 2.75) is 207 Å². The Bertz CT molecular complexity index is 638. The van der Waals surface area contributed by atoms with Crippen LogP contribution in [0.15, 0.2) is 0 Å². The average Bonchev–Trinajstić information content (AvgIpc) is 3.01. The summed E-state index contributed by atoms with van der Waals surface area (Å²) >= 11 is 0. The molecule has 3 nitrogen and oxygen atoms in total. The van der Waals surface area contributed by atoms with Gasteiger partial charge in [-0.05, 0) is 57.7 Å². The Labute approximate surface area is 270 Å². The summed E-state index contributed by atoms with van der Waals surface area (Å²) in [6.45, 7) is 9.02. The SMILES string of the molecule is CCCCCCCCCC(CCCCCCCCC(=O)CCC(CCCC)CCCCCC)CC(=O)C1CCN(C)CC1. The molecule has 0 aromatic heterocycles.